The number of carbonyl (C=O) groups excluding carboxylic acids is 1. The summed E-state index contributed by atoms with van der Waals surface area (Å²) in [6.07, 6.45) is 9.11. The van der Waals surface area contributed by atoms with Crippen LogP contribution in [-0.4, -0.2) is 33.7 Å². The van der Waals surface area contributed by atoms with Gasteiger partial charge in [0.15, 0.2) is 0 Å². The maximum absolute atomic E-state index is 12.5. The summed E-state index contributed by atoms with van der Waals surface area (Å²) >= 11 is 0. The summed E-state index contributed by atoms with van der Waals surface area (Å²) < 4.78 is 1.57. The maximum atomic E-state index is 12.5. The van der Waals surface area contributed by atoms with Gasteiger partial charge < -0.3 is 4.90 Å². The fourth-order valence-electron chi connectivity index (χ4n) is 3.54. The molecule has 1 unspecified atom stereocenters. The van der Waals surface area contributed by atoms with E-state index in [2.05, 4.69) is 17.3 Å². The zero-order valence-corrected chi connectivity index (χ0v) is 13.8. The van der Waals surface area contributed by atoms with Crippen LogP contribution in [0.2, 0.25) is 0 Å². The van der Waals surface area contributed by atoms with Crippen molar-refractivity contribution in [1.82, 2.24) is 14.7 Å². The fraction of sp³-hybridized carbons (Fsp3) is 0.611. The van der Waals surface area contributed by atoms with E-state index < -0.39 is 0 Å². The van der Waals surface area contributed by atoms with Crippen LogP contribution in [0.4, 0.5) is 0 Å². The molecule has 124 valence electrons. The summed E-state index contributed by atoms with van der Waals surface area (Å²) in [5.74, 6) is 0.925. The number of carbonyl (C=O) groups is 1. The Labute approximate surface area is 137 Å². The van der Waals surface area contributed by atoms with Gasteiger partial charge in [-0.25, -0.2) is 4.68 Å². The quantitative estimate of drug-likeness (QED) is 0.803. The van der Waals surface area contributed by atoms with Crippen LogP contribution in [0.1, 0.15) is 37.8 Å². The zero-order valence-electron chi connectivity index (χ0n) is 13.8. The minimum atomic E-state index is -0.0388. The lowest BCUT2D eigenvalue weighted by atomic mass is 9.91. The number of likely N-dealkylation sites (tertiary alicyclic amines) is 1. The first-order valence-corrected chi connectivity index (χ1v) is 8.62. The number of piperidine rings is 1. The Hall–Kier alpha value is -1.91. The van der Waals surface area contributed by atoms with Crippen LogP contribution in [0, 0.1) is 18.8 Å². The predicted molar refractivity (Wildman–Crippen MR) is 89.0 cm³/mol. The number of hydrogen-bond donors (Lipinski definition) is 0. The second-order valence-electron chi connectivity index (χ2n) is 6.75. The standard InChI is InChI=1S/C18H25N3O2/c1-14-7-8-17(22)21(19-14)13-15-9-11-20(12-10-15)18(23)16-5-3-2-4-6-16/h2-3,7-8,15-16H,4-6,9-13H2,1H3. The Kier molecular flexibility index (Phi) is 4.94. The molecule has 0 spiro atoms. The lowest BCUT2D eigenvalue weighted by Gasteiger charge is -2.34. The van der Waals surface area contributed by atoms with Gasteiger partial charge in [0.25, 0.3) is 5.56 Å². The molecule has 5 heteroatoms. The minimum Gasteiger partial charge on any atom is -0.342 e. The number of amides is 1. The molecule has 1 aromatic rings. The van der Waals surface area contributed by atoms with E-state index in [1.807, 2.05) is 11.8 Å². The molecule has 0 N–H and O–H groups in total. The van der Waals surface area contributed by atoms with Gasteiger partial charge in [0, 0.05) is 31.6 Å². The summed E-state index contributed by atoms with van der Waals surface area (Å²) in [7, 11) is 0. The first-order chi connectivity index (χ1) is 11.1. The van der Waals surface area contributed by atoms with Crippen molar-refractivity contribution >= 4 is 5.91 Å². The van der Waals surface area contributed by atoms with Crippen molar-refractivity contribution in [3.63, 3.8) is 0 Å². The predicted octanol–water partition coefficient (Wildman–Crippen LogP) is 2.15. The molecule has 2 heterocycles. The van der Waals surface area contributed by atoms with Gasteiger partial charge in [-0.1, -0.05) is 12.2 Å². The Morgan fingerprint density at radius 2 is 2.00 bits per heavy atom. The van der Waals surface area contributed by atoms with Crippen LogP contribution in [0.3, 0.4) is 0 Å². The van der Waals surface area contributed by atoms with E-state index in [9.17, 15) is 9.59 Å². The van der Waals surface area contributed by atoms with Crippen molar-refractivity contribution in [3.8, 4) is 0 Å². The molecule has 1 fully saturated rings. The Morgan fingerprint density at radius 1 is 1.22 bits per heavy atom. The zero-order chi connectivity index (χ0) is 16.2. The second-order valence-corrected chi connectivity index (χ2v) is 6.75. The van der Waals surface area contributed by atoms with Gasteiger partial charge in [-0.15, -0.1) is 0 Å². The Bertz CT molecular complexity index is 642. The van der Waals surface area contributed by atoms with Gasteiger partial charge in [-0.05, 0) is 51.0 Å². The topological polar surface area (TPSA) is 55.2 Å². The maximum Gasteiger partial charge on any atom is 0.266 e. The molecule has 5 nitrogen and oxygen atoms in total. The van der Waals surface area contributed by atoms with Gasteiger partial charge in [-0.2, -0.15) is 5.10 Å². The van der Waals surface area contributed by atoms with Crippen LogP contribution in [0.15, 0.2) is 29.1 Å². The number of allylic oxidation sites excluding steroid dienone is 2. The lowest BCUT2D eigenvalue weighted by Crippen LogP contribution is -2.43. The molecule has 0 aromatic carbocycles. The largest absolute Gasteiger partial charge is 0.342 e. The van der Waals surface area contributed by atoms with Crippen molar-refractivity contribution in [1.29, 1.82) is 0 Å². The molecule has 0 bridgehead atoms. The van der Waals surface area contributed by atoms with Gasteiger partial charge in [0.2, 0.25) is 5.91 Å². The van der Waals surface area contributed by atoms with E-state index in [0.717, 1.165) is 50.9 Å². The minimum absolute atomic E-state index is 0.0388. The summed E-state index contributed by atoms with van der Waals surface area (Å²) in [6.45, 7) is 4.18. The molecular formula is C18H25N3O2. The van der Waals surface area contributed by atoms with Crippen LogP contribution >= 0.6 is 0 Å². The number of hydrogen-bond acceptors (Lipinski definition) is 3. The van der Waals surface area contributed by atoms with Gasteiger partial charge in [0.1, 0.15) is 0 Å². The molecule has 2 aliphatic rings. The molecule has 0 radical (unpaired) electrons. The third-order valence-corrected chi connectivity index (χ3v) is 4.98. The van der Waals surface area contributed by atoms with Gasteiger partial charge in [0.05, 0.1) is 5.69 Å². The van der Waals surface area contributed by atoms with Crippen molar-refractivity contribution < 1.29 is 4.79 Å². The summed E-state index contributed by atoms with van der Waals surface area (Å²) in [6, 6.07) is 3.33. The molecule has 0 saturated carbocycles. The van der Waals surface area contributed by atoms with E-state index in [-0.39, 0.29) is 11.5 Å². The lowest BCUT2D eigenvalue weighted by molar-refractivity contribution is -0.137. The average Bonchev–Trinajstić information content (AvgIpc) is 2.59. The number of aromatic nitrogens is 2. The third kappa shape index (κ3) is 3.89. The monoisotopic (exact) mass is 315 g/mol. The van der Waals surface area contributed by atoms with E-state index in [4.69, 9.17) is 0 Å². The molecule has 23 heavy (non-hydrogen) atoms. The van der Waals surface area contributed by atoms with E-state index in [1.54, 1.807) is 16.8 Å². The number of rotatable bonds is 3. The van der Waals surface area contributed by atoms with Crippen molar-refractivity contribution in [3.05, 3.63) is 40.3 Å². The van der Waals surface area contributed by atoms with Crippen molar-refractivity contribution in [2.45, 2.75) is 45.6 Å². The molecule has 1 aliphatic heterocycles. The third-order valence-electron chi connectivity index (χ3n) is 4.98. The average molecular weight is 315 g/mol. The fourth-order valence-corrected chi connectivity index (χ4v) is 3.54. The van der Waals surface area contributed by atoms with Crippen molar-refractivity contribution in [2.75, 3.05) is 13.1 Å². The number of aryl methyl sites for hydroxylation is 1. The molecule has 3 rings (SSSR count). The first kappa shape index (κ1) is 16.0. The van der Waals surface area contributed by atoms with Crippen LogP contribution < -0.4 is 5.56 Å². The van der Waals surface area contributed by atoms with Crippen LogP contribution in [0.5, 0.6) is 0 Å². The first-order valence-electron chi connectivity index (χ1n) is 8.62. The Morgan fingerprint density at radius 3 is 2.70 bits per heavy atom. The molecule has 1 aliphatic carbocycles. The molecule has 1 aromatic heterocycles. The van der Waals surface area contributed by atoms with Crippen LogP contribution in [-0.2, 0) is 11.3 Å². The molecular weight excluding hydrogens is 290 g/mol. The van der Waals surface area contributed by atoms with Crippen LogP contribution in [0.25, 0.3) is 0 Å². The summed E-state index contributed by atoms with van der Waals surface area (Å²) in [4.78, 5) is 26.4. The highest BCUT2D eigenvalue weighted by Gasteiger charge is 2.28. The molecule has 1 amide bonds. The number of nitrogens with zero attached hydrogens (tertiary/aromatic N) is 3. The highest BCUT2D eigenvalue weighted by atomic mass is 16.2. The summed E-state index contributed by atoms with van der Waals surface area (Å²) in [5.41, 5.74) is 0.825. The van der Waals surface area contributed by atoms with E-state index in [1.165, 1.54) is 0 Å². The van der Waals surface area contributed by atoms with E-state index >= 15 is 0 Å². The SMILES string of the molecule is Cc1ccc(=O)n(CC2CCN(C(=O)C3CC=CCC3)CC2)n1. The summed E-state index contributed by atoms with van der Waals surface area (Å²) in [5, 5.41) is 4.31. The molecule has 1 saturated heterocycles. The normalized spacial score (nSPS) is 22.3. The second kappa shape index (κ2) is 7.11. The smallest absolute Gasteiger partial charge is 0.266 e. The van der Waals surface area contributed by atoms with Gasteiger partial charge >= 0.3 is 0 Å². The van der Waals surface area contributed by atoms with E-state index in [0.29, 0.717) is 18.4 Å². The highest BCUT2D eigenvalue weighted by molar-refractivity contribution is 5.79. The van der Waals surface area contributed by atoms with Crippen molar-refractivity contribution in [2.24, 2.45) is 11.8 Å². The highest BCUT2D eigenvalue weighted by Crippen LogP contribution is 2.24. The molecule has 1 atom stereocenters. The Balaban J connectivity index is 1.54. The van der Waals surface area contributed by atoms with Gasteiger partial charge in [-0.3, -0.25) is 9.59 Å².